The molecule has 2 aromatic rings. The average molecular weight is 291 g/mol. The average Bonchev–Trinajstić information content (AvgIpc) is 2.91. The lowest BCUT2D eigenvalue weighted by Crippen LogP contribution is -2.39. The summed E-state index contributed by atoms with van der Waals surface area (Å²) in [5.74, 6) is 0. The number of hydrogen-bond acceptors (Lipinski definition) is 5. The molecule has 1 aliphatic rings. The SMILES string of the molecule is CC(N)C1=Cc2cnccc2S(=O)(=O)N1c1cn[nH]c1. The van der Waals surface area contributed by atoms with Gasteiger partial charge < -0.3 is 5.73 Å². The van der Waals surface area contributed by atoms with Gasteiger partial charge in [-0.3, -0.25) is 10.1 Å². The Kier molecular flexibility index (Phi) is 2.84. The summed E-state index contributed by atoms with van der Waals surface area (Å²) in [6, 6.07) is 1.03. The van der Waals surface area contributed by atoms with Crippen LogP contribution >= 0.6 is 0 Å². The topological polar surface area (TPSA) is 105 Å². The van der Waals surface area contributed by atoms with Crippen LogP contribution in [0.2, 0.25) is 0 Å². The van der Waals surface area contributed by atoms with Crippen molar-refractivity contribution in [2.75, 3.05) is 4.31 Å². The quantitative estimate of drug-likeness (QED) is 0.847. The van der Waals surface area contributed by atoms with Crippen molar-refractivity contribution in [3.05, 3.63) is 42.1 Å². The maximum atomic E-state index is 12.8. The van der Waals surface area contributed by atoms with Gasteiger partial charge in [0.1, 0.15) is 0 Å². The van der Waals surface area contributed by atoms with Crippen molar-refractivity contribution in [2.24, 2.45) is 5.73 Å². The Labute approximate surface area is 116 Å². The van der Waals surface area contributed by atoms with Crippen LogP contribution < -0.4 is 10.0 Å². The highest BCUT2D eigenvalue weighted by atomic mass is 32.2. The number of aromatic amines is 1. The van der Waals surface area contributed by atoms with E-state index in [0.29, 0.717) is 16.9 Å². The Morgan fingerprint density at radius 1 is 1.40 bits per heavy atom. The molecule has 3 N–H and O–H groups in total. The maximum Gasteiger partial charge on any atom is 0.269 e. The molecule has 3 rings (SSSR count). The van der Waals surface area contributed by atoms with Crippen LogP contribution in [0, 0.1) is 0 Å². The Hall–Kier alpha value is -2.19. The summed E-state index contributed by atoms with van der Waals surface area (Å²) in [6.07, 6.45) is 7.66. The summed E-state index contributed by atoms with van der Waals surface area (Å²) in [5, 5.41) is 6.41. The molecule has 1 atom stereocenters. The third-order valence-corrected chi connectivity index (χ3v) is 4.88. The normalized spacial score (nSPS) is 18.3. The summed E-state index contributed by atoms with van der Waals surface area (Å²) in [6.45, 7) is 1.73. The maximum absolute atomic E-state index is 12.8. The second-order valence-corrected chi connectivity index (χ2v) is 6.25. The van der Waals surface area contributed by atoms with Crippen LogP contribution in [0.5, 0.6) is 0 Å². The molecule has 0 aromatic carbocycles. The molecular weight excluding hydrogens is 278 g/mol. The Morgan fingerprint density at radius 3 is 2.85 bits per heavy atom. The molecule has 0 saturated heterocycles. The third-order valence-electron chi connectivity index (χ3n) is 3.05. The second kappa shape index (κ2) is 4.43. The number of pyridine rings is 1. The van der Waals surface area contributed by atoms with Gasteiger partial charge in [0.25, 0.3) is 10.0 Å². The molecule has 0 saturated carbocycles. The highest BCUT2D eigenvalue weighted by Gasteiger charge is 2.35. The van der Waals surface area contributed by atoms with Crippen LogP contribution in [0.15, 0.2) is 41.4 Å². The van der Waals surface area contributed by atoms with Crippen LogP contribution in [0.1, 0.15) is 12.5 Å². The van der Waals surface area contributed by atoms with Crippen LogP contribution in [-0.4, -0.2) is 29.6 Å². The van der Waals surface area contributed by atoms with Gasteiger partial charge in [-0.05, 0) is 19.1 Å². The first kappa shape index (κ1) is 12.8. The Bertz CT molecular complexity index is 765. The summed E-state index contributed by atoms with van der Waals surface area (Å²) in [4.78, 5) is 4.16. The second-order valence-electron chi connectivity index (χ2n) is 4.50. The van der Waals surface area contributed by atoms with Crippen molar-refractivity contribution in [3.63, 3.8) is 0 Å². The molecule has 1 aliphatic heterocycles. The van der Waals surface area contributed by atoms with E-state index in [2.05, 4.69) is 15.2 Å². The van der Waals surface area contributed by atoms with Gasteiger partial charge in [0.2, 0.25) is 0 Å². The van der Waals surface area contributed by atoms with Crippen LogP contribution in [0.25, 0.3) is 6.08 Å². The molecule has 0 fully saturated rings. The van der Waals surface area contributed by atoms with E-state index in [1.165, 1.54) is 35.2 Å². The zero-order valence-corrected chi connectivity index (χ0v) is 11.5. The predicted octanol–water partition coefficient (Wildman–Crippen LogP) is 0.702. The molecular formula is C12H13N5O2S. The van der Waals surface area contributed by atoms with E-state index in [0.717, 1.165) is 0 Å². The first-order valence-corrected chi connectivity index (χ1v) is 7.41. The van der Waals surface area contributed by atoms with Gasteiger partial charge in [-0.1, -0.05) is 0 Å². The number of H-pyrrole nitrogens is 1. The van der Waals surface area contributed by atoms with Gasteiger partial charge in [0.05, 0.1) is 22.5 Å². The summed E-state index contributed by atoms with van der Waals surface area (Å²) >= 11 is 0. The molecule has 8 heteroatoms. The number of rotatable bonds is 2. The van der Waals surface area contributed by atoms with Gasteiger partial charge in [0.15, 0.2) is 0 Å². The number of fused-ring (bicyclic) bond motifs is 1. The zero-order chi connectivity index (χ0) is 14.3. The number of hydrogen-bond donors (Lipinski definition) is 2. The smallest absolute Gasteiger partial charge is 0.269 e. The molecule has 20 heavy (non-hydrogen) atoms. The number of aromatic nitrogens is 3. The van der Waals surface area contributed by atoms with Crippen molar-refractivity contribution in [1.29, 1.82) is 0 Å². The van der Waals surface area contributed by atoms with Gasteiger partial charge >= 0.3 is 0 Å². The molecule has 0 amide bonds. The van der Waals surface area contributed by atoms with Gasteiger partial charge in [-0.25, -0.2) is 12.7 Å². The largest absolute Gasteiger partial charge is 0.323 e. The number of sulfonamides is 1. The summed E-state index contributed by atoms with van der Waals surface area (Å²) < 4.78 is 26.8. The fourth-order valence-corrected chi connectivity index (χ4v) is 3.86. The van der Waals surface area contributed by atoms with Crippen molar-refractivity contribution >= 4 is 21.8 Å². The number of nitrogens with one attached hydrogen (secondary N) is 1. The summed E-state index contributed by atoms with van der Waals surface area (Å²) in [7, 11) is -3.71. The van der Waals surface area contributed by atoms with E-state index >= 15 is 0 Å². The van der Waals surface area contributed by atoms with Gasteiger partial charge in [-0.2, -0.15) is 5.10 Å². The molecule has 3 heterocycles. The van der Waals surface area contributed by atoms with E-state index in [4.69, 9.17) is 5.73 Å². The minimum atomic E-state index is -3.71. The minimum absolute atomic E-state index is 0.207. The van der Waals surface area contributed by atoms with Crippen molar-refractivity contribution in [1.82, 2.24) is 15.2 Å². The molecule has 0 bridgehead atoms. The minimum Gasteiger partial charge on any atom is -0.323 e. The lowest BCUT2D eigenvalue weighted by Gasteiger charge is -2.31. The lowest BCUT2D eigenvalue weighted by atomic mass is 10.1. The first-order chi connectivity index (χ1) is 9.51. The van der Waals surface area contributed by atoms with Crippen LogP contribution in [0.4, 0.5) is 5.69 Å². The fourth-order valence-electron chi connectivity index (χ4n) is 2.15. The lowest BCUT2D eigenvalue weighted by molar-refractivity contribution is 0.591. The van der Waals surface area contributed by atoms with Crippen molar-refractivity contribution in [2.45, 2.75) is 17.9 Å². The molecule has 0 aliphatic carbocycles. The molecule has 2 aromatic heterocycles. The van der Waals surface area contributed by atoms with Crippen molar-refractivity contribution in [3.8, 4) is 0 Å². The van der Waals surface area contributed by atoms with Crippen molar-refractivity contribution < 1.29 is 8.42 Å². The first-order valence-electron chi connectivity index (χ1n) is 5.97. The highest BCUT2D eigenvalue weighted by molar-refractivity contribution is 7.93. The monoisotopic (exact) mass is 291 g/mol. The number of nitrogens with zero attached hydrogens (tertiary/aromatic N) is 3. The summed E-state index contributed by atoms with van der Waals surface area (Å²) in [5.41, 5.74) is 7.36. The molecule has 104 valence electrons. The predicted molar refractivity (Wildman–Crippen MR) is 74.1 cm³/mol. The standard InChI is InChI=1S/C12H13N5O2S/c1-8(13)11-4-9-5-14-3-2-12(9)20(18,19)17(11)10-6-15-16-7-10/h2-8H,13H2,1H3,(H,15,16). The Morgan fingerprint density at radius 2 is 2.20 bits per heavy atom. The van der Waals surface area contributed by atoms with E-state index in [-0.39, 0.29) is 4.90 Å². The van der Waals surface area contributed by atoms with E-state index in [1.807, 2.05) is 0 Å². The molecule has 0 radical (unpaired) electrons. The molecule has 7 nitrogen and oxygen atoms in total. The van der Waals surface area contributed by atoms with E-state index < -0.39 is 16.1 Å². The van der Waals surface area contributed by atoms with Crippen LogP contribution in [0.3, 0.4) is 0 Å². The van der Waals surface area contributed by atoms with E-state index in [9.17, 15) is 8.42 Å². The van der Waals surface area contributed by atoms with E-state index in [1.54, 1.807) is 13.0 Å². The third kappa shape index (κ3) is 1.81. The molecule has 0 spiro atoms. The fraction of sp³-hybridized carbons (Fsp3) is 0.167. The van der Waals surface area contributed by atoms with Gasteiger partial charge in [0, 0.05) is 30.2 Å². The highest BCUT2D eigenvalue weighted by Crippen LogP contribution is 2.35. The number of anilines is 1. The Balaban J connectivity index is 2.30. The zero-order valence-electron chi connectivity index (χ0n) is 10.7. The van der Waals surface area contributed by atoms with Crippen LogP contribution in [-0.2, 0) is 10.0 Å². The van der Waals surface area contributed by atoms with Gasteiger partial charge in [-0.15, -0.1) is 0 Å². The molecule has 1 unspecified atom stereocenters. The number of nitrogens with two attached hydrogens (primary N) is 1.